The molecule has 0 atom stereocenters. The third kappa shape index (κ3) is 2.09. The molecule has 0 aliphatic heterocycles. The highest BCUT2D eigenvalue weighted by molar-refractivity contribution is 6.10. The van der Waals surface area contributed by atoms with E-state index in [1.165, 1.54) is 5.56 Å². The van der Waals surface area contributed by atoms with Crippen LogP contribution in [0.3, 0.4) is 0 Å². The summed E-state index contributed by atoms with van der Waals surface area (Å²) in [5, 5.41) is 2.67. The van der Waals surface area contributed by atoms with Crippen LogP contribution in [0.25, 0.3) is 32.8 Å². The molecule has 5 nitrogen and oxygen atoms in total. The van der Waals surface area contributed by atoms with E-state index in [1.54, 1.807) is 20.3 Å². The Kier molecular flexibility index (Phi) is 3.16. The second-order valence-corrected chi connectivity index (χ2v) is 5.81. The predicted molar refractivity (Wildman–Crippen MR) is 96.8 cm³/mol. The number of fused-ring (bicyclic) bond motifs is 3. The molecule has 2 heterocycles. The van der Waals surface area contributed by atoms with Gasteiger partial charge in [-0.05, 0) is 31.2 Å². The third-order valence-corrected chi connectivity index (χ3v) is 4.25. The molecule has 0 radical (unpaired) electrons. The average molecular weight is 319 g/mol. The molecule has 2 aromatic heterocycles. The van der Waals surface area contributed by atoms with Gasteiger partial charge in [-0.2, -0.15) is 0 Å². The lowest BCUT2D eigenvalue weighted by atomic mass is 10.1. The van der Waals surface area contributed by atoms with E-state index in [2.05, 4.69) is 23.0 Å². The average Bonchev–Trinajstić information content (AvgIpc) is 2.60. The molecule has 0 saturated heterocycles. The SMILES string of the molecule is COc1cc(OC)c2nc3nc4ccc(C)cc4cc3c(N)c2c1. The molecule has 4 rings (SSSR count). The summed E-state index contributed by atoms with van der Waals surface area (Å²) in [6, 6.07) is 11.8. The van der Waals surface area contributed by atoms with E-state index in [1.807, 2.05) is 24.3 Å². The van der Waals surface area contributed by atoms with Gasteiger partial charge < -0.3 is 15.2 Å². The molecule has 5 heteroatoms. The Morgan fingerprint density at radius 3 is 2.50 bits per heavy atom. The second-order valence-electron chi connectivity index (χ2n) is 5.81. The van der Waals surface area contributed by atoms with Gasteiger partial charge in [-0.1, -0.05) is 11.6 Å². The number of aryl methyl sites for hydroxylation is 1. The quantitative estimate of drug-likeness (QED) is 0.568. The minimum atomic E-state index is 0.611. The maximum Gasteiger partial charge on any atom is 0.162 e. The Labute approximate surface area is 139 Å². The van der Waals surface area contributed by atoms with Crippen LogP contribution in [0.4, 0.5) is 5.69 Å². The number of rotatable bonds is 2. The normalized spacial score (nSPS) is 11.3. The Hall–Kier alpha value is -3.08. The number of nitrogens with two attached hydrogens (primary N) is 1. The highest BCUT2D eigenvalue weighted by atomic mass is 16.5. The zero-order valence-corrected chi connectivity index (χ0v) is 13.8. The summed E-state index contributed by atoms with van der Waals surface area (Å²) in [5.41, 5.74) is 10.4. The summed E-state index contributed by atoms with van der Waals surface area (Å²) in [4.78, 5) is 9.36. The van der Waals surface area contributed by atoms with Crippen molar-refractivity contribution in [1.82, 2.24) is 9.97 Å². The molecule has 4 aromatic rings. The van der Waals surface area contributed by atoms with Crippen molar-refractivity contribution in [3.8, 4) is 11.5 Å². The van der Waals surface area contributed by atoms with Gasteiger partial charge in [0.25, 0.3) is 0 Å². The van der Waals surface area contributed by atoms with Crippen molar-refractivity contribution in [1.29, 1.82) is 0 Å². The number of pyridine rings is 2. The van der Waals surface area contributed by atoms with E-state index in [9.17, 15) is 0 Å². The van der Waals surface area contributed by atoms with Crippen LogP contribution in [-0.4, -0.2) is 24.2 Å². The number of nitrogens with zero attached hydrogens (tertiary/aromatic N) is 2. The van der Waals surface area contributed by atoms with E-state index in [-0.39, 0.29) is 0 Å². The van der Waals surface area contributed by atoms with Crippen LogP contribution >= 0.6 is 0 Å². The molecule has 0 aliphatic carbocycles. The van der Waals surface area contributed by atoms with Crippen LogP contribution in [0, 0.1) is 6.92 Å². The predicted octanol–water partition coefficient (Wildman–Crippen LogP) is 3.84. The number of anilines is 1. The minimum Gasteiger partial charge on any atom is -0.497 e. The van der Waals surface area contributed by atoms with Gasteiger partial charge in [0, 0.05) is 22.2 Å². The number of benzene rings is 2. The van der Waals surface area contributed by atoms with Crippen LogP contribution in [0.2, 0.25) is 0 Å². The molecule has 2 N–H and O–H groups in total. The first kappa shape index (κ1) is 14.5. The topological polar surface area (TPSA) is 70.3 Å². The van der Waals surface area contributed by atoms with Gasteiger partial charge in [0.1, 0.15) is 17.0 Å². The van der Waals surface area contributed by atoms with Gasteiger partial charge in [0.15, 0.2) is 5.65 Å². The van der Waals surface area contributed by atoms with Gasteiger partial charge in [0.05, 0.1) is 25.4 Å². The van der Waals surface area contributed by atoms with Crippen molar-refractivity contribution in [3.63, 3.8) is 0 Å². The number of methoxy groups -OCH3 is 2. The largest absolute Gasteiger partial charge is 0.497 e. The number of nitrogen functional groups attached to an aromatic ring is 1. The highest BCUT2D eigenvalue weighted by Gasteiger charge is 2.14. The smallest absolute Gasteiger partial charge is 0.162 e. The zero-order chi connectivity index (χ0) is 16.8. The summed E-state index contributed by atoms with van der Waals surface area (Å²) in [6.07, 6.45) is 0. The lowest BCUT2D eigenvalue weighted by molar-refractivity contribution is 0.397. The molecule has 0 amide bonds. The van der Waals surface area contributed by atoms with E-state index in [0.717, 1.165) is 21.7 Å². The summed E-state index contributed by atoms with van der Waals surface area (Å²) in [6.45, 7) is 2.06. The molecule has 0 spiro atoms. The maximum absolute atomic E-state index is 6.44. The fraction of sp³-hybridized carbons (Fsp3) is 0.158. The molecule has 0 saturated carbocycles. The summed E-state index contributed by atoms with van der Waals surface area (Å²) in [5.74, 6) is 1.29. The van der Waals surface area contributed by atoms with Crippen LogP contribution in [-0.2, 0) is 0 Å². The summed E-state index contributed by atoms with van der Waals surface area (Å²) in [7, 11) is 3.22. The Bertz CT molecular complexity index is 1110. The molecule has 24 heavy (non-hydrogen) atoms. The summed E-state index contributed by atoms with van der Waals surface area (Å²) >= 11 is 0. The number of hydrogen-bond donors (Lipinski definition) is 1. The van der Waals surface area contributed by atoms with E-state index < -0.39 is 0 Å². The van der Waals surface area contributed by atoms with E-state index in [4.69, 9.17) is 15.2 Å². The molecule has 2 aromatic carbocycles. The fourth-order valence-corrected chi connectivity index (χ4v) is 3.00. The number of ether oxygens (including phenoxy) is 2. The third-order valence-electron chi connectivity index (χ3n) is 4.25. The van der Waals surface area contributed by atoms with Gasteiger partial charge in [0.2, 0.25) is 0 Å². The Balaban J connectivity index is 2.16. The Morgan fingerprint density at radius 1 is 0.917 bits per heavy atom. The second kappa shape index (κ2) is 5.23. The van der Waals surface area contributed by atoms with Crippen molar-refractivity contribution < 1.29 is 9.47 Å². The van der Waals surface area contributed by atoms with Crippen LogP contribution < -0.4 is 15.2 Å². The number of aromatic nitrogens is 2. The van der Waals surface area contributed by atoms with Crippen molar-refractivity contribution in [2.24, 2.45) is 0 Å². The van der Waals surface area contributed by atoms with Crippen LogP contribution in [0.1, 0.15) is 5.56 Å². The van der Waals surface area contributed by atoms with Gasteiger partial charge in [-0.15, -0.1) is 0 Å². The van der Waals surface area contributed by atoms with Gasteiger partial charge in [-0.3, -0.25) is 0 Å². The fourth-order valence-electron chi connectivity index (χ4n) is 3.00. The Morgan fingerprint density at radius 2 is 1.75 bits per heavy atom. The van der Waals surface area contributed by atoms with Crippen LogP contribution in [0.5, 0.6) is 11.5 Å². The standard InChI is InChI=1S/C19H17N3O2/c1-10-4-5-15-11(6-10)7-14-17(20)13-8-12(23-2)9-16(24-3)18(13)22-19(14)21-15/h4-9H,1-3H3,(H2,20,21,22). The lowest BCUT2D eigenvalue weighted by Crippen LogP contribution is -1.98. The monoisotopic (exact) mass is 319 g/mol. The van der Waals surface area contributed by atoms with E-state index in [0.29, 0.717) is 28.4 Å². The molecule has 120 valence electrons. The highest BCUT2D eigenvalue weighted by Crippen LogP contribution is 2.37. The zero-order valence-electron chi connectivity index (χ0n) is 13.8. The maximum atomic E-state index is 6.44. The van der Waals surface area contributed by atoms with Crippen molar-refractivity contribution in [2.75, 3.05) is 20.0 Å². The van der Waals surface area contributed by atoms with Crippen molar-refractivity contribution >= 4 is 38.5 Å². The molecular formula is C19H17N3O2. The van der Waals surface area contributed by atoms with Crippen molar-refractivity contribution in [3.05, 3.63) is 42.0 Å². The first-order valence-electron chi connectivity index (χ1n) is 7.63. The van der Waals surface area contributed by atoms with Crippen molar-refractivity contribution in [2.45, 2.75) is 6.92 Å². The molecule has 0 aliphatic rings. The molecule has 0 fully saturated rings. The van der Waals surface area contributed by atoms with Crippen LogP contribution in [0.15, 0.2) is 36.4 Å². The number of hydrogen-bond acceptors (Lipinski definition) is 5. The lowest BCUT2D eigenvalue weighted by Gasteiger charge is -2.12. The molecule has 0 bridgehead atoms. The van der Waals surface area contributed by atoms with Gasteiger partial charge >= 0.3 is 0 Å². The molecular weight excluding hydrogens is 302 g/mol. The summed E-state index contributed by atoms with van der Waals surface area (Å²) < 4.78 is 10.8. The first-order chi connectivity index (χ1) is 11.6. The first-order valence-corrected chi connectivity index (χ1v) is 7.63. The van der Waals surface area contributed by atoms with E-state index >= 15 is 0 Å². The van der Waals surface area contributed by atoms with Gasteiger partial charge in [-0.25, -0.2) is 9.97 Å². The molecule has 0 unspecified atom stereocenters. The minimum absolute atomic E-state index is 0.611.